The second-order valence-corrected chi connectivity index (χ2v) is 6.24. The summed E-state index contributed by atoms with van der Waals surface area (Å²) in [5.41, 5.74) is 13.8. The fourth-order valence-corrected chi connectivity index (χ4v) is 3.25. The van der Waals surface area contributed by atoms with Crippen molar-refractivity contribution in [3.8, 4) is 11.1 Å². The van der Waals surface area contributed by atoms with Crippen molar-refractivity contribution in [3.05, 3.63) is 18.1 Å². The van der Waals surface area contributed by atoms with E-state index in [1.165, 1.54) is 4.90 Å². The zero-order valence-electron chi connectivity index (χ0n) is 13.8. The molecule has 136 valence electrons. The van der Waals surface area contributed by atoms with E-state index in [0.29, 0.717) is 31.5 Å². The van der Waals surface area contributed by atoms with Gasteiger partial charge in [-0.25, -0.2) is 4.98 Å². The fourth-order valence-electron chi connectivity index (χ4n) is 3.25. The van der Waals surface area contributed by atoms with Crippen LogP contribution >= 0.6 is 0 Å². The minimum atomic E-state index is -4.16. The van der Waals surface area contributed by atoms with Crippen LogP contribution in [0.4, 0.5) is 24.9 Å². The molecule has 1 fully saturated rings. The number of hydrogen-bond acceptors (Lipinski definition) is 6. The maximum Gasteiger partial charge on any atom is 0.401 e. The third-order valence-electron chi connectivity index (χ3n) is 4.48. The predicted molar refractivity (Wildman–Crippen MR) is 87.6 cm³/mol. The molecule has 0 bridgehead atoms. The average molecular weight is 355 g/mol. The van der Waals surface area contributed by atoms with Gasteiger partial charge in [-0.3, -0.25) is 9.58 Å². The molecule has 1 saturated heterocycles. The monoisotopic (exact) mass is 355 g/mol. The Morgan fingerprint density at radius 2 is 1.84 bits per heavy atom. The number of alkyl halides is 3. The van der Waals surface area contributed by atoms with E-state index in [9.17, 15) is 13.2 Å². The van der Waals surface area contributed by atoms with Gasteiger partial charge in [-0.2, -0.15) is 23.3 Å². The van der Waals surface area contributed by atoms with Crippen LogP contribution in [0.15, 0.2) is 12.4 Å². The second-order valence-electron chi connectivity index (χ2n) is 6.24. The van der Waals surface area contributed by atoms with Crippen LogP contribution in [-0.4, -0.2) is 50.5 Å². The predicted octanol–water partition coefficient (Wildman–Crippen LogP) is 2.01. The molecule has 25 heavy (non-hydrogen) atoms. The van der Waals surface area contributed by atoms with Crippen molar-refractivity contribution in [2.75, 3.05) is 31.1 Å². The van der Waals surface area contributed by atoms with Crippen LogP contribution in [0.2, 0.25) is 0 Å². The lowest BCUT2D eigenvalue weighted by molar-refractivity contribution is -0.148. The van der Waals surface area contributed by atoms with Crippen molar-refractivity contribution >= 4 is 11.8 Å². The molecule has 0 radical (unpaired) electrons. The largest absolute Gasteiger partial charge is 0.401 e. The molecule has 10 heteroatoms. The standard InChI is InChI=1S/C15H20F3N7/c1-9-11(12-6-21-14(20)23-13(12)19)7-22-25(9)10-2-4-24(5-3-10)8-15(16,17)18/h6-7,10H,2-5,8H2,1H3,(H4,19,20,21,23). The number of nitrogens with zero attached hydrogens (tertiary/aromatic N) is 5. The number of halogens is 3. The number of hydrogen-bond donors (Lipinski definition) is 2. The Kier molecular flexibility index (Phi) is 4.55. The molecule has 0 aromatic carbocycles. The van der Waals surface area contributed by atoms with Crippen LogP contribution in [-0.2, 0) is 0 Å². The zero-order valence-corrected chi connectivity index (χ0v) is 13.8. The van der Waals surface area contributed by atoms with Crippen molar-refractivity contribution < 1.29 is 13.2 Å². The van der Waals surface area contributed by atoms with Gasteiger partial charge < -0.3 is 11.5 Å². The Bertz CT molecular complexity index is 748. The smallest absolute Gasteiger partial charge is 0.383 e. The Morgan fingerprint density at radius 3 is 2.44 bits per heavy atom. The van der Waals surface area contributed by atoms with Gasteiger partial charge in [-0.05, 0) is 19.8 Å². The number of aromatic nitrogens is 4. The van der Waals surface area contributed by atoms with Crippen molar-refractivity contribution in [3.63, 3.8) is 0 Å². The van der Waals surface area contributed by atoms with E-state index in [-0.39, 0.29) is 17.8 Å². The summed E-state index contributed by atoms with van der Waals surface area (Å²) in [5, 5.41) is 4.41. The van der Waals surface area contributed by atoms with E-state index in [1.54, 1.807) is 12.4 Å². The van der Waals surface area contributed by atoms with Crippen LogP contribution in [0.25, 0.3) is 11.1 Å². The third kappa shape index (κ3) is 3.84. The molecule has 0 unspecified atom stereocenters. The first-order valence-electron chi connectivity index (χ1n) is 7.96. The van der Waals surface area contributed by atoms with Gasteiger partial charge in [0.2, 0.25) is 5.95 Å². The van der Waals surface area contributed by atoms with Gasteiger partial charge in [0.05, 0.1) is 18.8 Å². The summed E-state index contributed by atoms with van der Waals surface area (Å²) in [4.78, 5) is 9.34. The van der Waals surface area contributed by atoms with E-state index in [4.69, 9.17) is 11.5 Å². The van der Waals surface area contributed by atoms with Gasteiger partial charge in [-0.15, -0.1) is 0 Å². The van der Waals surface area contributed by atoms with Crippen molar-refractivity contribution in [2.24, 2.45) is 0 Å². The van der Waals surface area contributed by atoms with Crippen LogP contribution in [0.3, 0.4) is 0 Å². The highest BCUT2D eigenvalue weighted by Gasteiger charge is 2.33. The number of rotatable bonds is 3. The highest BCUT2D eigenvalue weighted by atomic mass is 19.4. The molecule has 2 aromatic heterocycles. The van der Waals surface area contributed by atoms with Crippen LogP contribution in [0.5, 0.6) is 0 Å². The molecule has 2 aromatic rings. The normalized spacial score (nSPS) is 17.1. The molecule has 1 aliphatic rings. The van der Waals surface area contributed by atoms with E-state index in [1.807, 2.05) is 11.6 Å². The molecule has 0 atom stereocenters. The summed E-state index contributed by atoms with van der Waals surface area (Å²) < 4.78 is 39.3. The molecule has 3 rings (SSSR count). The third-order valence-corrected chi connectivity index (χ3v) is 4.48. The molecular weight excluding hydrogens is 335 g/mol. The summed E-state index contributed by atoms with van der Waals surface area (Å²) in [7, 11) is 0. The van der Waals surface area contributed by atoms with Crippen molar-refractivity contribution in [1.82, 2.24) is 24.6 Å². The van der Waals surface area contributed by atoms with Gasteiger partial charge in [-0.1, -0.05) is 0 Å². The van der Waals surface area contributed by atoms with Crippen LogP contribution in [0.1, 0.15) is 24.6 Å². The number of likely N-dealkylation sites (tertiary alicyclic amines) is 1. The topological polar surface area (TPSA) is 98.9 Å². The van der Waals surface area contributed by atoms with E-state index >= 15 is 0 Å². The Morgan fingerprint density at radius 1 is 1.16 bits per heavy atom. The highest BCUT2D eigenvalue weighted by molar-refractivity contribution is 5.74. The minimum absolute atomic E-state index is 0.0640. The van der Waals surface area contributed by atoms with Gasteiger partial charge in [0, 0.05) is 36.1 Å². The molecule has 0 aliphatic carbocycles. The van der Waals surface area contributed by atoms with E-state index in [0.717, 1.165) is 11.3 Å². The van der Waals surface area contributed by atoms with Crippen LogP contribution < -0.4 is 11.5 Å². The zero-order chi connectivity index (χ0) is 18.2. The minimum Gasteiger partial charge on any atom is -0.383 e. The van der Waals surface area contributed by atoms with E-state index in [2.05, 4.69) is 15.1 Å². The molecule has 0 spiro atoms. The summed E-state index contributed by atoms with van der Waals surface area (Å²) in [5.74, 6) is 0.374. The summed E-state index contributed by atoms with van der Waals surface area (Å²) in [6, 6.07) is 0.0640. The summed E-state index contributed by atoms with van der Waals surface area (Å²) in [6.07, 6.45) is 0.312. The molecule has 7 nitrogen and oxygen atoms in total. The van der Waals surface area contributed by atoms with Crippen molar-refractivity contribution in [2.45, 2.75) is 32.0 Å². The molecule has 0 amide bonds. The average Bonchev–Trinajstić information content (AvgIpc) is 2.88. The molecule has 3 heterocycles. The quantitative estimate of drug-likeness (QED) is 0.874. The van der Waals surface area contributed by atoms with Gasteiger partial charge in [0.25, 0.3) is 0 Å². The maximum absolute atomic E-state index is 12.5. The lowest BCUT2D eigenvalue weighted by Gasteiger charge is -2.32. The first-order chi connectivity index (χ1) is 11.7. The molecule has 1 aliphatic heterocycles. The summed E-state index contributed by atoms with van der Waals surface area (Å²) >= 11 is 0. The maximum atomic E-state index is 12.5. The molecular formula is C15H20F3N7. The van der Waals surface area contributed by atoms with Gasteiger partial charge >= 0.3 is 6.18 Å². The lowest BCUT2D eigenvalue weighted by Crippen LogP contribution is -2.40. The molecule has 4 N–H and O–H groups in total. The first-order valence-corrected chi connectivity index (χ1v) is 7.96. The Labute approximate surface area is 142 Å². The molecule has 0 saturated carbocycles. The SMILES string of the molecule is Cc1c(-c2cnc(N)nc2N)cnn1C1CCN(CC(F)(F)F)CC1. The number of anilines is 2. The number of nitrogen functional groups attached to an aromatic ring is 2. The van der Waals surface area contributed by atoms with Gasteiger partial charge in [0.15, 0.2) is 0 Å². The Hall–Kier alpha value is -2.36. The fraction of sp³-hybridized carbons (Fsp3) is 0.533. The van der Waals surface area contributed by atoms with Crippen LogP contribution in [0, 0.1) is 6.92 Å². The summed E-state index contributed by atoms with van der Waals surface area (Å²) in [6.45, 7) is 1.83. The lowest BCUT2D eigenvalue weighted by atomic mass is 10.0. The first kappa shape index (κ1) is 17.5. The second kappa shape index (κ2) is 6.51. The Balaban J connectivity index is 1.74. The number of piperidine rings is 1. The van der Waals surface area contributed by atoms with Crippen molar-refractivity contribution in [1.29, 1.82) is 0 Å². The van der Waals surface area contributed by atoms with Gasteiger partial charge in [0.1, 0.15) is 5.82 Å². The van der Waals surface area contributed by atoms with E-state index < -0.39 is 12.7 Å². The number of nitrogens with two attached hydrogens (primary N) is 2. The highest BCUT2D eigenvalue weighted by Crippen LogP contribution is 2.31.